The lowest BCUT2D eigenvalue weighted by atomic mass is 10.2. The number of hydrogen-bond donors (Lipinski definition) is 1. The number of carbonyl (C=O) groups excluding carboxylic acids is 1. The number of amides is 1. The number of nitrogens with one attached hydrogen (secondary N) is 1. The molecule has 0 aliphatic carbocycles. The number of ether oxygens (including phenoxy) is 1. The first kappa shape index (κ1) is 22.1. The minimum Gasteiger partial charge on any atom is -0.373 e. The van der Waals surface area contributed by atoms with E-state index in [4.69, 9.17) is 4.74 Å². The summed E-state index contributed by atoms with van der Waals surface area (Å²) in [4.78, 5) is 17.0. The maximum Gasteiger partial charge on any atom is 0.256 e. The van der Waals surface area contributed by atoms with Crippen molar-refractivity contribution in [1.29, 1.82) is 0 Å². The van der Waals surface area contributed by atoms with Crippen LogP contribution in [0.3, 0.4) is 0 Å². The predicted octanol–water partition coefficient (Wildman–Crippen LogP) is 2.38. The van der Waals surface area contributed by atoms with E-state index in [1.165, 1.54) is 28.6 Å². The first-order chi connectivity index (χ1) is 15.3. The van der Waals surface area contributed by atoms with Crippen molar-refractivity contribution >= 4 is 21.7 Å². The molecule has 0 spiro atoms. The molecule has 2 unspecified atom stereocenters. The summed E-state index contributed by atoms with van der Waals surface area (Å²) in [6.07, 6.45) is 3.13. The normalized spacial score (nSPS) is 19.6. The number of pyridine rings is 1. The molecule has 1 aromatic carbocycles. The Labute approximate surface area is 187 Å². The van der Waals surface area contributed by atoms with Gasteiger partial charge in [0.25, 0.3) is 5.91 Å². The van der Waals surface area contributed by atoms with Crippen molar-refractivity contribution in [3.8, 4) is 0 Å². The maximum atomic E-state index is 13.0. The molecule has 1 N–H and O–H groups in total. The molecular weight excluding hydrogens is 430 g/mol. The molecule has 1 amide bonds. The second-order valence-electron chi connectivity index (χ2n) is 7.78. The van der Waals surface area contributed by atoms with Crippen molar-refractivity contribution in [1.82, 2.24) is 19.1 Å². The van der Waals surface area contributed by atoms with Gasteiger partial charge in [0.2, 0.25) is 10.0 Å². The molecule has 32 heavy (non-hydrogen) atoms. The van der Waals surface area contributed by atoms with E-state index in [-0.39, 0.29) is 23.0 Å². The summed E-state index contributed by atoms with van der Waals surface area (Å²) in [6.45, 7) is 4.79. The van der Waals surface area contributed by atoms with Crippen molar-refractivity contribution in [3.05, 3.63) is 72.2 Å². The lowest BCUT2D eigenvalue weighted by molar-refractivity contribution is -0.0440. The molecule has 0 saturated carbocycles. The molecule has 2 aromatic heterocycles. The van der Waals surface area contributed by atoms with E-state index in [1.807, 2.05) is 32.0 Å². The Morgan fingerprint density at radius 1 is 1.09 bits per heavy atom. The van der Waals surface area contributed by atoms with Crippen LogP contribution in [0.2, 0.25) is 0 Å². The van der Waals surface area contributed by atoms with Gasteiger partial charge in [0.05, 0.1) is 29.3 Å². The zero-order valence-electron chi connectivity index (χ0n) is 17.9. The molecule has 9 nitrogen and oxygen atoms in total. The Hall–Kier alpha value is -3.08. The summed E-state index contributed by atoms with van der Waals surface area (Å²) in [7, 11) is -3.66. The van der Waals surface area contributed by atoms with Crippen LogP contribution in [0.1, 0.15) is 29.9 Å². The number of anilines is 1. The van der Waals surface area contributed by atoms with Gasteiger partial charge in [0.15, 0.2) is 5.82 Å². The summed E-state index contributed by atoms with van der Waals surface area (Å²) in [6, 6.07) is 13.2. The van der Waals surface area contributed by atoms with Gasteiger partial charge in [-0.1, -0.05) is 6.07 Å². The van der Waals surface area contributed by atoms with Crippen molar-refractivity contribution < 1.29 is 17.9 Å². The molecule has 1 saturated heterocycles. The van der Waals surface area contributed by atoms with Crippen LogP contribution in [-0.2, 0) is 21.3 Å². The Balaban J connectivity index is 1.41. The largest absolute Gasteiger partial charge is 0.373 e. The number of carbonyl (C=O) groups is 1. The van der Waals surface area contributed by atoms with Gasteiger partial charge < -0.3 is 10.1 Å². The standard InChI is InChI=1S/C22H25N5O4S/c1-16-13-27(14-17(2)31-16)32(29,30)20-8-6-18(7-9-20)22(28)24-21-10-12-26(25-21)15-19-5-3-4-11-23-19/h3-12,16-17H,13-15H2,1-2H3,(H,24,25,28). The van der Waals surface area contributed by atoms with E-state index < -0.39 is 10.0 Å². The highest BCUT2D eigenvalue weighted by atomic mass is 32.2. The van der Waals surface area contributed by atoms with Gasteiger partial charge in [-0.3, -0.25) is 14.5 Å². The van der Waals surface area contributed by atoms with E-state index in [0.717, 1.165) is 5.69 Å². The van der Waals surface area contributed by atoms with Crippen molar-refractivity contribution in [2.75, 3.05) is 18.4 Å². The van der Waals surface area contributed by atoms with Crippen LogP contribution in [0.4, 0.5) is 5.82 Å². The van der Waals surface area contributed by atoms with Crippen LogP contribution < -0.4 is 5.32 Å². The van der Waals surface area contributed by atoms with Crippen molar-refractivity contribution in [2.45, 2.75) is 37.5 Å². The van der Waals surface area contributed by atoms with Gasteiger partial charge in [-0.15, -0.1) is 0 Å². The molecule has 1 aliphatic rings. The number of benzene rings is 1. The topological polar surface area (TPSA) is 106 Å². The highest BCUT2D eigenvalue weighted by Crippen LogP contribution is 2.21. The second-order valence-corrected chi connectivity index (χ2v) is 9.72. The summed E-state index contributed by atoms with van der Waals surface area (Å²) in [5, 5.41) is 7.06. The highest BCUT2D eigenvalue weighted by molar-refractivity contribution is 7.89. The fourth-order valence-corrected chi connectivity index (χ4v) is 5.21. The Morgan fingerprint density at radius 2 is 1.81 bits per heavy atom. The average molecular weight is 456 g/mol. The van der Waals surface area contributed by atoms with Crippen LogP contribution in [0.5, 0.6) is 0 Å². The molecule has 1 fully saturated rings. The van der Waals surface area contributed by atoms with Crippen LogP contribution in [0.25, 0.3) is 0 Å². The number of rotatable bonds is 6. The lowest BCUT2D eigenvalue weighted by Crippen LogP contribution is -2.48. The van der Waals surface area contributed by atoms with E-state index in [1.54, 1.807) is 23.1 Å². The SMILES string of the molecule is CC1CN(S(=O)(=O)c2ccc(C(=O)Nc3ccn(Cc4ccccn4)n3)cc2)CC(C)O1. The molecular formula is C22H25N5O4S. The minimum atomic E-state index is -3.66. The second kappa shape index (κ2) is 9.19. The number of sulfonamides is 1. The highest BCUT2D eigenvalue weighted by Gasteiger charge is 2.32. The summed E-state index contributed by atoms with van der Waals surface area (Å²) in [5.41, 5.74) is 1.20. The Kier molecular flexibility index (Phi) is 6.35. The van der Waals surface area contributed by atoms with Crippen LogP contribution in [0, 0.1) is 0 Å². The molecule has 2 atom stereocenters. The molecule has 3 heterocycles. The van der Waals surface area contributed by atoms with Gasteiger partial charge in [-0.2, -0.15) is 9.40 Å². The minimum absolute atomic E-state index is 0.148. The summed E-state index contributed by atoms with van der Waals surface area (Å²) < 4.78 is 34.6. The number of aromatic nitrogens is 3. The fraction of sp³-hybridized carbons (Fsp3) is 0.318. The van der Waals surface area contributed by atoms with Crippen molar-refractivity contribution in [2.24, 2.45) is 0 Å². The van der Waals surface area contributed by atoms with Gasteiger partial charge >= 0.3 is 0 Å². The zero-order valence-corrected chi connectivity index (χ0v) is 18.7. The van der Waals surface area contributed by atoms with Crippen molar-refractivity contribution in [3.63, 3.8) is 0 Å². The molecule has 10 heteroatoms. The lowest BCUT2D eigenvalue weighted by Gasteiger charge is -2.34. The summed E-state index contributed by atoms with van der Waals surface area (Å²) in [5.74, 6) is 0.0320. The predicted molar refractivity (Wildman–Crippen MR) is 119 cm³/mol. The number of hydrogen-bond acceptors (Lipinski definition) is 6. The van der Waals surface area contributed by atoms with E-state index in [2.05, 4.69) is 15.4 Å². The van der Waals surface area contributed by atoms with Gasteiger partial charge in [-0.25, -0.2) is 8.42 Å². The first-order valence-electron chi connectivity index (χ1n) is 10.3. The third kappa shape index (κ3) is 5.04. The molecule has 168 valence electrons. The van der Waals surface area contributed by atoms with Gasteiger partial charge in [0, 0.05) is 37.1 Å². The van der Waals surface area contributed by atoms with Gasteiger partial charge in [0.1, 0.15) is 0 Å². The average Bonchev–Trinajstić information content (AvgIpc) is 3.20. The summed E-state index contributed by atoms with van der Waals surface area (Å²) >= 11 is 0. The van der Waals surface area contributed by atoms with Crippen LogP contribution in [0.15, 0.2) is 65.8 Å². The number of nitrogens with zero attached hydrogens (tertiary/aromatic N) is 4. The molecule has 4 rings (SSSR count). The fourth-order valence-electron chi connectivity index (χ4n) is 3.62. The Morgan fingerprint density at radius 3 is 2.47 bits per heavy atom. The van der Waals surface area contributed by atoms with Gasteiger partial charge in [-0.05, 0) is 50.2 Å². The van der Waals surface area contributed by atoms with E-state index in [9.17, 15) is 13.2 Å². The quantitative estimate of drug-likeness (QED) is 0.612. The molecule has 0 radical (unpaired) electrons. The smallest absolute Gasteiger partial charge is 0.256 e. The monoisotopic (exact) mass is 455 g/mol. The first-order valence-corrected chi connectivity index (χ1v) is 11.8. The maximum absolute atomic E-state index is 13.0. The zero-order chi connectivity index (χ0) is 22.7. The third-order valence-electron chi connectivity index (χ3n) is 5.07. The molecule has 3 aromatic rings. The van der Waals surface area contributed by atoms with E-state index in [0.29, 0.717) is 31.0 Å². The Bertz CT molecular complexity index is 1170. The van der Waals surface area contributed by atoms with Crippen LogP contribution >= 0.6 is 0 Å². The molecule has 0 bridgehead atoms. The van der Waals surface area contributed by atoms with Crippen LogP contribution in [-0.4, -0.2) is 58.7 Å². The third-order valence-corrected chi connectivity index (χ3v) is 6.92. The number of morpholine rings is 1. The van der Waals surface area contributed by atoms with E-state index >= 15 is 0 Å². The molecule has 1 aliphatic heterocycles.